The maximum absolute atomic E-state index is 11.3. The molecule has 0 bridgehead atoms. The Kier molecular flexibility index (Phi) is 5.93. The molecule has 16 heavy (non-hydrogen) atoms. The normalized spacial score (nSPS) is 12.1. The van der Waals surface area contributed by atoms with E-state index in [9.17, 15) is 4.79 Å². The Hall–Kier alpha value is -1.03. The van der Waals surface area contributed by atoms with E-state index in [0.29, 0.717) is 6.61 Å². The van der Waals surface area contributed by atoms with Crippen LogP contribution in [0.1, 0.15) is 19.4 Å². The molecule has 0 N–H and O–H groups in total. The van der Waals surface area contributed by atoms with Gasteiger partial charge in [-0.3, -0.25) is 9.78 Å². The molecule has 0 spiro atoms. The van der Waals surface area contributed by atoms with E-state index in [1.54, 1.807) is 24.2 Å². The van der Waals surface area contributed by atoms with Gasteiger partial charge in [-0.15, -0.1) is 11.8 Å². The first-order valence-corrected chi connectivity index (χ1v) is 6.46. The predicted molar refractivity (Wildman–Crippen MR) is 66.5 cm³/mol. The number of thioether (sulfide) groups is 1. The zero-order chi connectivity index (χ0) is 11.8. The molecule has 1 heterocycles. The van der Waals surface area contributed by atoms with Crippen LogP contribution < -0.4 is 0 Å². The second kappa shape index (κ2) is 7.28. The first-order chi connectivity index (χ1) is 7.74. The Morgan fingerprint density at radius 2 is 2.19 bits per heavy atom. The van der Waals surface area contributed by atoms with Crippen molar-refractivity contribution in [3.63, 3.8) is 0 Å². The lowest BCUT2D eigenvalue weighted by molar-refractivity contribution is -0.142. The second-order valence-electron chi connectivity index (χ2n) is 3.37. The van der Waals surface area contributed by atoms with Crippen molar-refractivity contribution in [1.29, 1.82) is 0 Å². The van der Waals surface area contributed by atoms with Crippen LogP contribution in [-0.2, 0) is 16.0 Å². The van der Waals surface area contributed by atoms with Crippen molar-refractivity contribution in [3.8, 4) is 0 Å². The summed E-state index contributed by atoms with van der Waals surface area (Å²) in [7, 11) is 0. The minimum Gasteiger partial charge on any atom is -0.465 e. The third-order valence-electron chi connectivity index (χ3n) is 2.13. The molecule has 0 saturated carbocycles. The maximum Gasteiger partial charge on any atom is 0.318 e. The number of ether oxygens (including phenoxy) is 1. The molecule has 0 fully saturated rings. The molecule has 3 nitrogen and oxygen atoms in total. The first-order valence-electron chi connectivity index (χ1n) is 5.41. The molecule has 0 aliphatic carbocycles. The molecule has 4 heteroatoms. The summed E-state index contributed by atoms with van der Waals surface area (Å²) in [5, 5.41) is -0.0817. The number of hydrogen-bond donors (Lipinski definition) is 0. The molecule has 0 aromatic carbocycles. The van der Waals surface area contributed by atoms with Gasteiger partial charge in [0.15, 0.2) is 0 Å². The third kappa shape index (κ3) is 4.66. The number of aromatic nitrogens is 1. The summed E-state index contributed by atoms with van der Waals surface area (Å²) in [5.74, 6) is 0.798. The van der Waals surface area contributed by atoms with Crippen molar-refractivity contribution >= 4 is 17.7 Å². The first kappa shape index (κ1) is 13.0. The fourth-order valence-corrected chi connectivity index (χ4v) is 2.14. The highest BCUT2D eigenvalue weighted by molar-refractivity contribution is 8.00. The van der Waals surface area contributed by atoms with Crippen LogP contribution in [0.3, 0.4) is 0 Å². The Morgan fingerprint density at radius 1 is 1.50 bits per heavy atom. The fourth-order valence-electron chi connectivity index (χ4n) is 1.23. The Morgan fingerprint density at radius 3 is 2.81 bits per heavy atom. The molecule has 0 saturated heterocycles. The van der Waals surface area contributed by atoms with Gasteiger partial charge in [0.2, 0.25) is 0 Å². The van der Waals surface area contributed by atoms with E-state index >= 15 is 0 Å². The SMILES string of the molecule is CCOC(=O)C(C)SCCc1ccncc1. The number of nitrogens with zero attached hydrogens (tertiary/aromatic N) is 1. The molecule has 0 aliphatic heterocycles. The highest BCUT2D eigenvalue weighted by Gasteiger charge is 2.13. The Balaban J connectivity index is 2.23. The van der Waals surface area contributed by atoms with Crippen LogP contribution in [0, 0.1) is 0 Å². The van der Waals surface area contributed by atoms with Crippen LogP contribution in [0.2, 0.25) is 0 Å². The zero-order valence-corrected chi connectivity index (χ0v) is 10.5. The van der Waals surface area contributed by atoms with Crippen molar-refractivity contribution in [3.05, 3.63) is 30.1 Å². The number of carbonyl (C=O) groups excluding carboxylic acids is 1. The van der Waals surface area contributed by atoms with E-state index in [2.05, 4.69) is 4.98 Å². The summed E-state index contributed by atoms with van der Waals surface area (Å²) < 4.78 is 4.94. The van der Waals surface area contributed by atoms with Gasteiger partial charge in [-0.05, 0) is 43.7 Å². The van der Waals surface area contributed by atoms with Gasteiger partial charge in [0, 0.05) is 12.4 Å². The number of carbonyl (C=O) groups is 1. The topological polar surface area (TPSA) is 39.2 Å². The quantitative estimate of drug-likeness (QED) is 0.714. The highest BCUT2D eigenvalue weighted by atomic mass is 32.2. The molecule has 0 amide bonds. The molecular formula is C12H17NO2S. The monoisotopic (exact) mass is 239 g/mol. The van der Waals surface area contributed by atoms with E-state index in [1.807, 2.05) is 26.0 Å². The summed E-state index contributed by atoms with van der Waals surface area (Å²) in [4.78, 5) is 15.3. The summed E-state index contributed by atoms with van der Waals surface area (Å²) in [5.41, 5.74) is 1.25. The maximum atomic E-state index is 11.3. The number of rotatable bonds is 6. The largest absolute Gasteiger partial charge is 0.465 e. The van der Waals surface area contributed by atoms with E-state index < -0.39 is 0 Å². The number of hydrogen-bond acceptors (Lipinski definition) is 4. The van der Waals surface area contributed by atoms with Crippen molar-refractivity contribution in [1.82, 2.24) is 4.98 Å². The number of pyridine rings is 1. The zero-order valence-electron chi connectivity index (χ0n) is 9.68. The Bertz CT molecular complexity index is 316. The molecule has 1 rings (SSSR count). The van der Waals surface area contributed by atoms with Crippen molar-refractivity contribution in [2.24, 2.45) is 0 Å². The van der Waals surface area contributed by atoms with Crippen molar-refractivity contribution in [2.75, 3.05) is 12.4 Å². The summed E-state index contributed by atoms with van der Waals surface area (Å²) >= 11 is 1.62. The fraction of sp³-hybridized carbons (Fsp3) is 0.500. The molecule has 1 aromatic rings. The molecule has 0 aliphatic rings. The minimum absolute atomic E-state index is 0.0817. The minimum atomic E-state index is -0.123. The van der Waals surface area contributed by atoms with Gasteiger partial charge in [-0.1, -0.05) is 0 Å². The molecule has 0 radical (unpaired) electrons. The average Bonchev–Trinajstić information content (AvgIpc) is 2.30. The van der Waals surface area contributed by atoms with E-state index in [-0.39, 0.29) is 11.2 Å². The number of aryl methyl sites for hydroxylation is 1. The van der Waals surface area contributed by atoms with Crippen LogP contribution in [0.15, 0.2) is 24.5 Å². The van der Waals surface area contributed by atoms with Crippen LogP contribution in [0.5, 0.6) is 0 Å². The highest BCUT2D eigenvalue weighted by Crippen LogP contribution is 2.14. The van der Waals surface area contributed by atoms with Crippen molar-refractivity contribution in [2.45, 2.75) is 25.5 Å². The van der Waals surface area contributed by atoms with E-state index in [4.69, 9.17) is 4.74 Å². The average molecular weight is 239 g/mol. The molecule has 1 atom stereocenters. The lowest BCUT2D eigenvalue weighted by Gasteiger charge is -2.09. The van der Waals surface area contributed by atoms with Gasteiger partial charge < -0.3 is 4.74 Å². The standard InChI is InChI=1S/C12H17NO2S/c1-3-15-12(14)10(2)16-9-6-11-4-7-13-8-5-11/h4-5,7-8,10H,3,6,9H2,1-2H3. The lowest BCUT2D eigenvalue weighted by atomic mass is 10.2. The molecular weight excluding hydrogens is 222 g/mol. The van der Waals surface area contributed by atoms with Crippen LogP contribution >= 0.6 is 11.8 Å². The van der Waals surface area contributed by atoms with Crippen molar-refractivity contribution < 1.29 is 9.53 Å². The third-order valence-corrected chi connectivity index (χ3v) is 3.26. The molecule has 88 valence electrons. The van der Waals surface area contributed by atoms with Gasteiger partial charge >= 0.3 is 5.97 Å². The Labute approximate surface area is 101 Å². The smallest absolute Gasteiger partial charge is 0.318 e. The second-order valence-corrected chi connectivity index (χ2v) is 4.82. The van der Waals surface area contributed by atoms with Gasteiger partial charge in [0.1, 0.15) is 0 Å². The van der Waals surface area contributed by atoms with E-state index in [1.165, 1.54) is 5.56 Å². The summed E-state index contributed by atoms with van der Waals surface area (Å²) in [6.45, 7) is 4.16. The summed E-state index contributed by atoms with van der Waals surface area (Å²) in [6, 6.07) is 3.99. The van der Waals surface area contributed by atoms with E-state index in [0.717, 1.165) is 12.2 Å². The molecule has 1 unspecified atom stereocenters. The van der Waals surface area contributed by atoms with Gasteiger partial charge in [0.25, 0.3) is 0 Å². The van der Waals surface area contributed by atoms with Gasteiger partial charge in [-0.2, -0.15) is 0 Å². The van der Waals surface area contributed by atoms with Gasteiger partial charge in [0.05, 0.1) is 11.9 Å². The molecule has 1 aromatic heterocycles. The van der Waals surface area contributed by atoms with Gasteiger partial charge in [-0.25, -0.2) is 0 Å². The summed E-state index contributed by atoms with van der Waals surface area (Å²) in [6.07, 6.45) is 4.53. The number of esters is 1. The predicted octanol–water partition coefficient (Wildman–Crippen LogP) is 2.31. The van der Waals surface area contributed by atoms with Crippen LogP contribution in [0.4, 0.5) is 0 Å². The van der Waals surface area contributed by atoms with Crippen LogP contribution in [0.25, 0.3) is 0 Å². The lowest BCUT2D eigenvalue weighted by Crippen LogP contribution is -2.17. The van der Waals surface area contributed by atoms with Crippen LogP contribution in [-0.4, -0.2) is 28.6 Å².